The number of aliphatic carboxylic acids is 1. The van der Waals surface area contributed by atoms with Gasteiger partial charge in [0.1, 0.15) is 6.61 Å². The summed E-state index contributed by atoms with van der Waals surface area (Å²) in [5, 5.41) is 9.66. The van der Waals surface area contributed by atoms with E-state index in [1.165, 1.54) is 12.1 Å². The monoisotopic (exact) mass is 404 g/mol. The van der Waals surface area contributed by atoms with Crippen molar-refractivity contribution in [2.24, 2.45) is 0 Å². The number of hydrogen-bond donors (Lipinski definition) is 1. The van der Waals surface area contributed by atoms with Crippen LogP contribution in [0.25, 0.3) is 0 Å². The van der Waals surface area contributed by atoms with Crippen molar-refractivity contribution in [2.45, 2.75) is 36.9 Å². The van der Waals surface area contributed by atoms with Crippen LogP contribution in [0.4, 0.5) is 0 Å². The number of fused-ring (bicyclic) bond motifs is 1. The minimum Gasteiger partial charge on any atom is -0.481 e. The number of carbonyl (C=O) groups excluding carboxylic acids is 1. The van der Waals surface area contributed by atoms with Gasteiger partial charge in [0.2, 0.25) is 0 Å². The number of carboxylic acids is 1. The van der Waals surface area contributed by atoms with E-state index in [9.17, 15) is 31.5 Å². The third-order valence-electron chi connectivity index (χ3n) is 5.03. The second kappa shape index (κ2) is 6.34. The van der Waals surface area contributed by atoms with Crippen LogP contribution in [0.5, 0.6) is 0 Å². The number of sulfone groups is 2. The number of ether oxygens (including phenoxy) is 1. The molecule has 0 radical (unpaired) electrons. The number of benzene rings is 1. The molecule has 1 atom stereocenters. The highest BCUT2D eigenvalue weighted by Gasteiger charge is 2.49. The van der Waals surface area contributed by atoms with Crippen molar-refractivity contribution < 1.29 is 36.3 Å². The fourth-order valence-corrected chi connectivity index (χ4v) is 6.16. The minimum atomic E-state index is -4.12. The number of cyclic esters (lactones) is 1. The first-order chi connectivity index (χ1) is 11.7. The van der Waals surface area contributed by atoms with E-state index < -0.39 is 48.0 Å². The van der Waals surface area contributed by atoms with Crippen LogP contribution >= 0.6 is 0 Å². The summed E-state index contributed by atoms with van der Waals surface area (Å²) in [6.07, 6.45) is 0.901. The van der Waals surface area contributed by atoms with Crippen molar-refractivity contribution in [2.75, 3.05) is 12.5 Å². The summed E-state index contributed by atoms with van der Waals surface area (Å²) < 4.78 is 51.3. The van der Waals surface area contributed by atoms with Crippen molar-refractivity contribution in [3.8, 4) is 0 Å². The Bertz CT molecular complexity index is 957. The number of hydrogen-bond acceptors (Lipinski definition) is 7. The van der Waals surface area contributed by atoms with E-state index in [2.05, 4.69) is 0 Å². The molecular weight excluding hydrogens is 384 g/mol. The predicted molar refractivity (Wildman–Crippen MR) is 93.4 cm³/mol. The largest absolute Gasteiger partial charge is 0.481 e. The molecular formula is C16H20O8S2. The highest BCUT2D eigenvalue weighted by Crippen LogP contribution is 2.38. The normalized spacial score (nSPS) is 16.1. The Kier molecular flexibility index (Phi) is 4.97. The van der Waals surface area contributed by atoms with E-state index >= 15 is 0 Å². The van der Waals surface area contributed by atoms with Gasteiger partial charge in [0.05, 0.1) is 11.5 Å². The van der Waals surface area contributed by atoms with Crippen molar-refractivity contribution in [1.29, 1.82) is 0 Å². The third kappa shape index (κ3) is 3.23. The maximum absolute atomic E-state index is 12.2. The maximum Gasteiger partial charge on any atom is 0.338 e. The maximum atomic E-state index is 12.2. The number of rotatable bonds is 6. The molecule has 1 aliphatic heterocycles. The average Bonchev–Trinajstić information content (AvgIpc) is 2.85. The lowest BCUT2D eigenvalue weighted by molar-refractivity contribution is -0.139. The van der Waals surface area contributed by atoms with Gasteiger partial charge in [-0.3, -0.25) is 4.79 Å². The summed E-state index contributed by atoms with van der Waals surface area (Å²) in [6, 6.07) is 2.83. The van der Waals surface area contributed by atoms with Crippen LogP contribution in [0.3, 0.4) is 0 Å². The lowest BCUT2D eigenvalue weighted by Crippen LogP contribution is -2.44. The van der Waals surface area contributed by atoms with Crippen LogP contribution < -0.4 is 0 Å². The van der Waals surface area contributed by atoms with Gasteiger partial charge in [-0.25, -0.2) is 21.6 Å². The smallest absolute Gasteiger partial charge is 0.338 e. The molecule has 0 aliphatic carbocycles. The lowest BCUT2D eigenvalue weighted by Gasteiger charge is -2.29. The highest BCUT2D eigenvalue weighted by atomic mass is 32.3. The fraction of sp³-hybridized carbons (Fsp3) is 0.500. The molecule has 1 unspecified atom stereocenters. The van der Waals surface area contributed by atoms with Gasteiger partial charge in [0.15, 0.2) is 23.8 Å². The summed E-state index contributed by atoms with van der Waals surface area (Å²) in [7, 11) is -8.24. The number of carboxylic acid groups (broad SMARTS) is 1. The Balaban J connectivity index is 2.62. The molecule has 0 saturated heterocycles. The number of carbonyl (C=O) groups is 2. The zero-order valence-electron chi connectivity index (χ0n) is 14.8. The molecule has 2 rings (SSSR count). The van der Waals surface area contributed by atoms with Gasteiger partial charge in [-0.2, -0.15) is 0 Å². The SMILES string of the molecule is Cc1c(C(CC(C)(S(C)(=O)=O)S(C)(=O)=O)C(=O)O)ccc2c1COC2=O. The van der Waals surface area contributed by atoms with Gasteiger partial charge in [0, 0.05) is 18.1 Å². The lowest BCUT2D eigenvalue weighted by atomic mass is 9.87. The summed E-state index contributed by atoms with van der Waals surface area (Å²) in [5.74, 6) is -3.25. The number of esters is 1. The molecule has 26 heavy (non-hydrogen) atoms. The summed E-state index contributed by atoms with van der Waals surface area (Å²) in [6.45, 7) is 2.61. The van der Waals surface area contributed by atoms with E-state index in [-0.39, 0.29) is 12.2 Å². The third-order valence-corrected chi connectivity index (χ3v) is 10.3. The molecule has 0 amide bonds. The molecule has 0 fully saturated rings. The molecule has 0 spiro atoms. The Labute approximate surface area is 152 Å². The summed E-state index contributed by atoms with van der Waals surface area (Å²) >= 11 is 0. The molecule has 1 aromatic carbocycles. The summed E-state index contributed by atoms with van der Waals surface area (Å²) in [5.41, 5.74) is 1.58. The van der Waals surface area contributed by atoms with Gasteiger partial charge in [-0.1, -0.05) is 6.07 Å². The van der Waals surface area contributed by atoms with Crippen LogP contribution in [-0.4, -0.2) is 50.5 Å². The standard InChI is InChI=1S/C16H20O8S2/c1-9-10(5-6-11-13(9)8-24-15(11)19)12(14(17)18)7-16(2,25(3,20)21)26(4,22)23/h5-6,12H,7-8H2,1-4H3,(H,17,18). The summed E-state index contributed by atoms with van der Waals surface area (Å²) in [4.78, 5) is 23.5. The van der Waals surface area contributed by atoms with Crippen LogP contribution in [0.15, 0.2) is 12.1 Å². The minimum absolute atomic E-state index is 0.00437. The van der Waals surface area contributed by atoms with Gasteiger partial charge in [0.25, 0.3) is 0 Å². The zero-order chi connectivity index (χ0) is 20.1. The Morgan fingerprint density at radius 3 is 2.23 bits per heavy atom. The van der Waals surface area contributed by atoms with E-state index in [4.69, 9.17) is 4.74 Å². The molecule has 10 heteroatoms. The fourth-order valence-electron chi connectivity index (χ4n) is 3.02. The van der Waals surface area contributed by atoms with E-state index in [1.807, 2.05) is 0 Å². The molecule has 0 aromatic heterocycles. The van der Waals surface area contributed by atoms with Gasteiger partial charge in [-0.05, 0) is 37.5 Å². The molecule has 144 valence electrons. The zero-order valence-corrected chi connectivity index (χ0v) is 16.4. The quantitative estimate of drug-likeness (QED) is 0.695. The molecule has 1 aromatic rings. The Hall–Kier alpha value is -1.94. The molecule has 1 N–H and O–H groups in total. The first kappa shape index (κ1) is 20.4. The predicted octanol–water partition coefficient (Wildman–Crippen LogP) is 1.03. The second-order valence-corrected chi connectivity index (χ2v) is 11.8. The van der Waals surface area contributed by atoms with E-state index in [0.29, 0.717) is 16.7 Å². The first-order valence-corrected chi connectivity index (χ1v) is 11.4. The Morgan fingerprint density at radius 2 is 1.77 bits per heavy atom. The molecule has 1 aliphatic rings. The van der Waals surface area contributed by atoms with Gasteiger partial charge >= 0.3 is 11.9 Å². The van der Waals surface area contributed by atoms with Gasteiger partial charge in [-0.15, -0.1) is 0 Å². The van der Waals surface area contributed by atoms with Crippen LogP contribution in [-0.2, 0) is 35.8 Å². The van der Waals surface area contributed by atoms with E-state index in [1.54, 1.807) is 6.92 Å². The van der Waals surface area contributed by atoms with Crippen molar-refractivity contribution >= 4 is 31.6 Å². The topological polar surface area (TPSA) is 132 Å². The second-order valence-electron chi connectivity index (χ2n) is 6.66. The van der Waals surface area contributed by atoms with Crippen molar-refractivity contribution in [3.63, 3.8) is 0 Å². The molecule has 0 bridgehead atoms. The molecule has 0 saturated carbocycles. The first-order valence-electron chi connectivity index (χ1n) is 7.62. The van der Waals surface area contributed by atoms with Crippen molar-refractivity contribution in [1.82, 2.24) is 0 Å². The van der Waals surface area contributed by atoms with Crippen LogP contribution in [0.2, 0.25) is 0 Å². The molecule has 1 heterocycles. The molecule has 8 nitrogen and oxygen atoms in total. The van der Waals surface area contributed by atoms with Gasteiger partial charge < -0.3 is 9.84 Å². The van der Waals surface area contributed by atoms with Crippen LogP contribution in [0, 0.1) is 6.92 Å². The Morgan fingerprint density at radius 1 is 1.23 bits per heavy atom. The van der Waals surface area contributed by atoms with E-state index in [0.717, 1.165) is 19.4 Å². The van der Waals surface area contributed by atoms with Crippen LogP contribution in [0.1, 0.15) is 46.3 Å². The highest BCUT2D eigenvalue weighted by molar-refractivity contribution is 8.09. The van der Waals surface area contributed by atoms with Crippen molar-refractivity contribution in [3.05, 3.63) is 34.4 Å². The average molecular weight is 404 g/mol.